The van der Waals surface area contributed by atoms with Crippen LogP contribution in [0.4, 0.5) is 0 Å². The number of hydrogen-bond donors (Lipinski definition) is 1. The van der Waals surface area contributed by atoms with E-state index in [1.807, 2.05) is 19.2 Å². The molecule has 1 rings (SSSR count). The van der Waals surface area contributed by atoms with Gasteiger partial charge in [0.05, 0.1) is 5.41 Å². The van der Waals surface area contributed by atoms with Gasteiger partial charge in [0, 0.05) is 6.42 Å². The Hall–Kier alpha value is -0.190. The molecule has 0 amide bonds. The van der Waals surface area contributed by atoms with E-state index in [1.165, 1.54) is 0 Å². The van der Waals surface area contributed by atoms with Gasteiger partial charge < -0.3 is 28.8 Å². The van der Waals surface area contributed by atoms with Gasteiger partial charge in [0.2, 0.25) is 0 Å². The van der Waals surface area contributed by atoms with Gasteiger partial charge in [0.1, 0.15) is 12.5 Å². The van der Waals surface area contributed by atoms with Crippen LogP contribution in [0.25, 0.3) is 0 Å². The van der Waals surface area contributed by atoms with Gasteiger partial charge in [-0.15, -0.1) is 0 Å². The van der Waals surface area contributed by atoms with Gasteiger partial charge in [-0.05, 0) is 13.0 Å². The second-order valence-electron chi connectivity index (χ2n) is 2.53. The highest BCUT2D eigenvalue weighted by Crippen LogP contribution is 2.17. The van der Waals surface area contributed by atoms with Crippen LogP contribution in [0.2, 0.25) is 0 Å². The van der Waals surface area contributed by atoms with Crippen LogP contribution >= 0.6 is 0 Å². The van der Waals surface area contributed by atoms with Gasteiger partial charge in [-0.2, -0.15) is 0 Å². The number of halogens is 1. The summed E-state index contributed by atoms with van der Waals surface area (Å²) in [6, 6.07) is 0. The van der Waals surface area contributed by atoms with E-state index in [0.717, 1.165) is 12.7 Å². The molecular weight excluding hydrogens is 241 g/mol. The molecule has 0 aliphatic carbocycles. The van der Waals surface area contributed by atoms with Crippen molar-refractivity contribution >= 4 is 12.5 Å². The largest absolute Gasteiger partial charge is 1.00 e. The monoisotopic (exact) mass is 251 g/mol. The summed E-state index contributed by atoms with van der Waals surface area (Å²) in [7, 11) is 0. The Morgan fingerprint density at radius 2 is 2.40 bits per heavy atom. The van der Waals surface area contributed by atoms with E-state index in [4.69, 9.17) is 0 Å². The van der Waals surface area contributed by atoms with Gasteiger partial charge >= 0.3 is 0 Å². The number of nitrogens with one attached hydrogen (secondary N) is 1. The minimum absolute atomic E-state index is 0. The van der Waals surface area contributed by atoms with Gasteiger partial charge in [0.15, 0.2) is 6.20 Å². The van der Waals surface area contributed by atoms with E-state index >= 15 is 0 Å². The third-order valence-corrected chi connectivity index (χ3v) is 1.49. The number of aldehydes is 1. The summed E-state index contributed by atoms with van der Waals surface area (Å²) in [5.74, 6) is 0. The number of hydrogen-bond acceptors (Lipinski definition) is 1. The van der Waals surface area contributed by atoms with Crippen LogP contribution in [-0.4, -0.2) is 12.5 Å². The van der Waals surface area contributed by atoms with E-state index in [2.05, 4.69) is 4.99 Å². The minimum Gasteiger partial charge on any atom is -1.00 e. The average Bonchev–Trinajstić information content (AvgIpc) is 1.90. The third-order valence-electron chi connectivity index (χ3n) is 1.49. The highest BCUT2D eigenvalue weighted by molar-refractivity contribution is 5.69. The highest BCUT2D eigenvalue weighted by atomic mass is 127. The molecule has 1 N–H and O–H groups in total. The summed E-state index contributed by atoms with van der Waals surface area (Å²) in [5.41, 5.74) is -0.259. The maximum atomic E-state index is 10.4. The molecule has 1 unspecified atom stereocenters. The molecule has 0 saturated heterocycles. The summed E-state index contributed by atoms with van der Waals surface area (Å²) < 4.78 is 0. The Morgan fingerprint density at radius 1 is 1.70 bits per heavy atom. The van der Waals surface area contributed by atoms with Crippen LogP contribution in [0.1, 0.15) is 13.3 Å². The van der Waals surface area contributed by atoms with Crippen molar-refractivity contribution in [1.82, 2.24) is 0 Å². The van der Waals surface area contributed by atoms with Crippen LogP contribution in [0.3, 0.4) is 0 Å². The first kappa shape index (κ1) is 9.81. The standard InChI is InChI=1S/C7H9NO.HI/c1-7(6-9)2-4-8-5-3-7;/h2,4-6H,3H2,1H3;1H. The molecule has 2 nitrogen and oxygen atoms in total. The van der Waals surface area contributed by atoms with Crippen molar-refractivity contribution in [3.63, 3.8) is 0 Å². The third kappa shape index (κ3) is 2.21. The van der Waals surface area contributed by atoms with Crippen molar-refractivity contribution in [3.8, 4) is 0 Å². The molecule has 1 aliphatic rings. The lowest BCUT2D eigenvalue weighted by atomic mass is 9.88. The molecule has 56 valence electrons. The van der Waals surface area contributed by atoms with Gasteiger partial charge in [-0.3, -0.25) is 0 Å². The summed E-state index contributed by atoms with van der Waals surface area (Å²) in [6.45, 7) is 1.91. The molecule has 1 aliphatic heterocycles. The van der Waals surface area contributed by atoms with Crippen molar-refractivity contribution in [2.24, 2.45) is 5.41 Å². The fourth-order valence-corrected chi connectivity index (χ4v) is 0.741. The molecule has 0 aromatic heterocycles. The van der Waals surface area contributed by atoms with Crippen molar-refractivity contribution in [2.75, 3.05) is 0 Å². The van der Waals surface area contributed by atoms with E-state index in [0.29, 0.717) is 0 Å². The number of carbonyl (C=O) groups is 1. The zero-order valence-electron chi connectivity index (χ0n) is 5.80. The molecule has 0 radical (unpaired) electrons. The topological polar surface area (TPSA) is 31.0 Å². The Bertz CT molecular complexity index is 176. The fourth-order valence-electron chi connectivity index (χ4n) is 0.741. The summed E-state index contributed by atoms with van der Waals surface area (Å²) in [6.07, 6.45) is 7.31. The molecule has 0 spiro atoms. The first-order valence-corrected chi connectivity index (χ1v) is 2.99. The zero-order chi connectivity index (χ0) is 6.74. The van der Waals surface area contributed by atoms with Crippen molar-refractivity contribution in [1.29, 1.82) is 0 Å². The molecule has 1 atom stereocenters. The predicted molar refractivity (Wildman–Crippen MR) is 35.0 cm³/mol. The first-order chi connectivity index (χ1) is 4.27. The lowest BCUT2D eigenvalue weighted by Crippen LogP contribution is -3.00. The van der Waals surface area contributed by atoms with Gasteiger partial charge in [0.25, 0.3) is 0 Å². The van der Waals surface area contributed by atoms with Crippen LogP contribution < -0.4 is 29.0 Å². The maximum absolute atomic E-state index is 10.4. The highest BCUT2D eigenvalue weighted by Gasteiger charge is 2.22. The fraction of sp³-hybridized carbons (Fsp3) is 0.429. The van der Waals surface area contributed by atoms with Crippen LogP contribution in [0, 0.1) is 5.41 Å². The van der Waals surface area contributed by atoms with E-state index in [1.54, 1.807) is 6.20 Å². The van der Waals surface area contributed by atoms with Crippen LogP contribution in [0.5, 0.6) is 0 Å². The molecular formula is C7H10INO. The predicted octanol–water partition coefficient (Wildman–Crippen LogP) is -3.74. The molecule has 10 heavy (non-hydrogen) atoms. The molecule has 0 aromatic carbocycles. The molecule has 1 heterocycles. The Morgan fingerprint density at radius 3 is 2.70 bits per heavy atom. The number of carbonyl (C=O) groups excluding carboxylic acids is 1. The second kappa shape index (κ2) is 3.85. The number of rotatable bonds is 1. The van der Waals surface area contributed by atoms with Crippen molar-refractivity contribution in [2.45, 2.75) is 13.3 Å². The summed E-state index contributed by atoms with van der Waals surface area (Å²) in [4.78, 5) is 13.3. The molecule has 0 fully saturated rings. The SMILES string of the molecule is CC1(C=O)C=C[NH+]=CC1.[I-]. The Kier molecular flexibility index (Phi) is 3.78. The summed E-state index contributed by atoms with van der Waals surface area (Å²) >= 11 is 0. The van der Waals surface area contributed by atoms with Crippen LogP contribution in [0.15, 0.2) is 12.3 Å². The minimum atomic E-state index is -0.259. The van der Waals surface area contributed by atoms with Gasteiger partial charge in [-0.25, -0.2) is 4.99 Å². The normalized spacial score (nSPS) is 29.3. The number of allylic oxidation sites excluding steroid dienone is 1. The quantitative estimate of drug-likeness (QED) is 0.377. The van der Waals surface area contributed by atoms with E-state index in [-0.39, 0.29) is 29.4 Å². The first-order valence-electron chi connectivity index (χ1n) is 2.99. The van der Waals surface area contributed by atoms with Crippen molar-refractivity contribution in [3.05, 3.63) is 12.3 Å². The van der Waals surface area contributed by atoms with Crippen LogP contribution in [-0.2, 0) is 4.79 Å². The maximum Gasteiger partial charge on any atom is 0.163 e. The Labute approximate surface area is 77.4 Å². The lowest BCUT2D eigenvalue weighted by Gasteiger charge is -2.13. The smallest absolute Gasteiger partial charge is 0.163 e. The molecule has 0 aromatic rings. The van der Waals surface area contributed by atoms with E-state index in [9.17, 15) is 4.79 Å². The second-order valence-corrected chi connectivity index (χ2v) is 2.53. The lowest BCUT2D eigenvalue weighted by molar-refractivity contribution is -0.371. The molecule has 0 bridgehead atoms. The zero-order valence-corrected chi connectivity index (χ0v) is 7.96. The molecule has 0 saturated carbocycles. The van der Waals surface area contributed by atoms with Gasteiger partial charge in [-0.1, -0.05) is 0 Å². The van der Waals surface area contributed by atoms with Crippen molar-refractivity contribution < 1.29 is 33.8 Å². The van der Waals surface area contributed by atoms with E-state index < -0.39 is 0 Å². The Balaban J connectivity index is 0.000000810. The molecule has 3 heteroatoms. The summed E-state index contributed by atoms with van der Waals surface area (Å²) in [5, 5.41) is 0. The average molecular weight is 251 g/mol.